The molecule has 0 aromatic rings. The van der Waals surface area contributed by atoms with Crippen molar-refractivity contribution in [2.75, 3.05) is 0 Å². The van der Waals surface area contributed by atoms with Gasteiger partial charge in [0.05, 0.1) is 17.1 Å². The van der Waals surface area contributed by atoms with Crippen molar-refractivity contribution in [1.29, 1.82) is 0 Å². The zero-order chi connectivity index (χ0) is 14.8. The molecular weight excluding hydrogens is 328 g/mol. The van der Waals surface area contributed by atoms with E-state index in [1.165, 1.54) is 0 Å². The molecule has 0 amide bonds. The van der Waals surface area contributed by atoms with Crippen LogP contribution < -0.4 is 0 Å². The lowest BCUT2D eigenvalue weighted by atomic mass is 9.74. The molecular formula is C15H24BrClO2. The number of aliphatic hydroxyl groups is 2. The molecule has 2 N–H and O–H groups in total. The molecule has 0 spiro atoms. The molecule has 1 fully saturated rings. The van der Waals surface area contributed by atoms with E-state index in [0.29, 0.717) is 25.7 Å². The molecule has 19 heavy (non-hydrogen) atoms. The second-order valence-electron chi connectivity index (χ2n) is 5.99. The number of hydrogen-bond acceptors (Lipinski definition) is 2. The fourth-order valence-electron chi connectivity index (χ4n) is 2.33. The fourth-order valence-corrected chi connectivity index (χ4v) is 3.05. The van der Waals surface area contributed by atoms with Crippen molar-refractivity contribution in [3.63, 3.8) is 0 Å². The molecule has 4 heteroatoms. The van der Waals surface area contributed by atoms with Crippen molar-refractivity contribution in [3.8, 4) is 0 Å². The molecule has 110 valence electrons. The van der Waals surface area contributed by atoms with Crippen LogP contribution >= 0.6 is 27.5 Å². The van der Waals surface area contributed by atoms with E-state index >= 15 is 0 Å². The van der Waals surface area contributed by atoms with E-state index in [2.05, 4.69) is 36.0 Å². The highest BCUT2D eigenvalue weighted by molar-refractivity contribution is 9.10. The number of halogens is 2. The van der Waals surface area contributed by atoms with E-state index in [0.717, 1.165) is 17.6 Å². The van der Waals surface area contributed by atoms with E-state index in [9.17, 15) is 10.2 Å². The van der Waals surface area contributed by atoms with Gasteiger partial charge in [-0.1, -0.05) is 34.7 Å². The fraction of sp³-hybridized carbons (Fsp3) is 0.733. The summed E-state index contributed by atoms with van der Waals surface area (Å²) >= 11 is 9.95. The van der Waals surface area contributed by atoms with Gasteiger partial charge < -0.3 is 10.2 Å². The third kappa shape index (κ3) is 4.32. The molecule has 0 saturated heterocycles. The van der Waals surface area contributed by atoms with Gasteiger partial charge >= 0.3 is 0 Å². The van der Waals surface area contributed by atoms with E-state index in [1.54, 1.807) is 6.92 Å². The van der Waals surface area contributed by atoms with Crippen LogP contribution in [0.2, 0.25) is 0 Å². The summed E-state index contributed by atoms with van der Waals surface area (Å²) in [5.74, 6) is 0. The van der Waals surface area contributed by atoms with Crippen LogP contribution in [0.25, 0.3) is 0 Å². The zero-order valence-corrected chi connectivity index (χ0v) is 14.1. The lowest BCUT2D eigenvalue weighted by molar-refractivity contribution is 0.0306. The Bertz CT molecular complexity index is 367. The summed E-state index contributed by atoms with van der Waals surface area (Å²) in [6.45, 7) is 11.6. The van der Waals surface area contributed by atoms with Crippen LogP contribution in [0.4, 0.5) is 0 Å². The summed E-state index contributed by atoms with van der Waals surface area (Å²) in [7, 11) is 0. The maximum Gasteiger partial charge on any atom is 0.0869 e. The molecule has 0 unspecified atom stereocenters. The lowest BCUT2D eigenvalue weighted by Gasteiger charge is -2.43. The summed E-state index contributed by atoms with van der Waals surface area (Å²) in [4.78, 5) is 0. The van der Waals surface area contributed by atoms with Crippen LogP contribution in [-0.4, -0.2) is 31.6 Å². The molecule has 0 aromatic heterocycles. The largest absolute Gasteiger partial charge is 0.389 e. The average Bonchev–Trinajstić information content (AvgIpc) is 2.31. The zero-order valence-electron chi connectivity index (χ0n) is 11.8. The van der Waals surface area contributed by atoms with Crippen molar-refractivity contribution in [3.05, 3.63) is 24.3 Å². The third-order valence-corrected chi connectivity index (χ3v) is 5.99. The molecule has 4 atom stereocenters. The molecule has 1 aliphatic rings. The van der Waals surface area contributed by atoms with Crippen molar-refractivity contribution >= 4 is 27.5 Å². The number of aliphatic hydroxyl groups excluding tert-OH is 1. The highest BCUT2D eigenvalue weighted by Crippen LogP contribution is 2.46. The Balaban J connectivity index is 2.59. The summed E-state index contributed by atoms with van der Waals surface area (Å²) in [5, 5.41) is 20.3. The predicted octanol–water partition coefficient (Wildman–Crippen LogP) is 3.94. The Morgan fingerprint density at radius 2 is 2.05 bits per heavy atom. The van der Waals surface area contributed by atoms with Crippen LogP contribution in [0.15, 0.2) is 24.3 Å². The van der Waals surface area contributed by atoms with Gasteiger partial charge in [0.15, 0.2) is 0 Å². The standard InChI is InChI=1S/C15H24BrClO2/c1-10(2)12(18)6-5-11(3)15(19)8-7-14(4,16)13(17)9-15/h12-13,18-19H,1,3,5-9H2,2,4H3/t12-,13+,14+,15+/m1/s1. The highest BCUT2D eigenvalue weighted by Gasteiger charge is 2.45. The average molecular weight is 352 g/mol. The second kappa shape index (κ2) is 6.30. The van der Waals surface area contributed by atoms with E-state index in [1.807, 2.05) is 0 Å². The summed E-state index contributed by atoms with van der Waals surface area (Å²) in [5.41, 5.74) is 0.599. The van der Waals surface area contributed by atoms with Crippen molar-refractivity contribution in [2.45, 2.75) is 67.4 Å². The van der Waals surface area contributed by atoms with Crippen molar-refractivity contribution in [2.24, 2.45) is 0 Å². The van der Waals surface area contributed by atoms with E-state index in [-0.39, 0.29) is 9.70 Å². The normalized spacial score (nSPS) is 36.8. The third-order valence-electron chi connectivity index (χ3n) is 4.14. The second-order valence-corrected chi connectivity index (χ2v) is 8.32. The maximum atomic E-state index is 10.7. The molecule has 1 rings (SSSR count). The minimum absolute atomic E-state index is 0.127. The molecule has 0 aromatic carbocycles. The number of hydrogen-bond donors (Lipinski definition) is 2. The highest BCUT2D eigenvalue weighted by atomic mass is 79.9. The summed E-state index contributed by atoms with van der Waals surface area (Å²) < 4.78 is -0.127. The molecule has 1 saturated carbocycles. The minimum Gasteiger partial charge on any atom is -0.389 e. The van der Waals surface area contributed by atoms with Gasteiger partial charge in [-0.3, -0.25) is 0 Å². The van der Waals surface area contributed by atoms with Crippen LogP contribution in [-0.2, 0) is 0 Å². The van der Waals surface area contributed by atoms with Gasteiger partial charge in [0, 0.05) is 4.32 Å². The molecule has 0 radical (unpaired) electrons. The van der Waals surface area contributed by atoms with Gasteiger partial charge in [-0.2, -0.15) is 0 Å². The van der Waals surface area contributed by atoms with Crippen molar-refractivity contribution in [1.82, 2.24) is 0 Å². The molecule has 0 aliphatic heterocycles. The van der Waals surface area contributed by atoms with Crippen LogP contribution in [0.3, 0.4) is 0 Å². The molecule has 0 heterocycles. The van der Waals surface area contributed by atoms with E-state index in [4.69, 9.17) is 11.6 Å². The number of rotatable bonds is 5. The van der Waals surface area contributed by atoms with Crippen LogP contribution in [0, 0.1) is 0 Å². The molecule has 0 bridgehead atoms. The lowest BCUT2D eigenvalue weighted by Crippen LogP contribution is -2.46. The predicted molar refractivity (Wildman–Crippen MR) is 85.0 cm³/mol. The van der Waals surface area contributed by atoms with Gasteiger partial charge in [-0.15, -0.1) is 11.6 Å². The van der Waals surface area contributed by atoms with Gasteiger partial charge in [0.25, 0.3) is 0 Å². The Morgan fingerprint density at radius 1 is 1.47 bits per heavy atom. The minimum atomic E-state index is -0.908. The van der Waals surface area contributed by atoms with Gasteiger partial charge in [-0.05, 0) is 51.5 Å². The van der Waals surface area contributed by atoms with Crippen molar-refractivity contribution < 1.29 is 10.2 Å². The van der Waals surface area contributed by atoms with Crippen LogP contribution in [0.5, 0.6) is 0 Å². The Morgan fingerprint density at radius 3 is 2.53 bits per heavy atom. The number of alkyl halides is 2. The SMILES string of the molecule is C=C(C)[C@H](O)CCC(=C)[C@]1(O)CC[C@](C)(Br)[C@@H](Cl)C1. The first kappa shape index (κ1) is 17.2. The molecule has 1 aliphatic carbocycles. The smallest absolute Gasteiger partial charge is 0.0869 e. The first-order chi connectivity index (χ1) is 8.58. The summed E-state index contributed by atoms with van der Waals surface area (Å²) in [6, 6.07) is 0. The summed E-state index contributed by atoms with van der Waals surface area (Å²) in [6.07, 6.45) is 2.57. The Labute approximate surface area is 129 Å². The first-order valence-electron chi connectivity index (χ1n) is 6.65. The van der Waals surface area contributed by atoms with E-state index < -0.39 is 11.7 Å². The topological polar surface area (TPSA) is 40.5 Å². The van der Waals surface area contributed by atoms with Gasteiger partial charge in [0.2, 0.25) is 0 Å². The Hall–Kier alpha value is 0.170. The van der Waals surface area contributed by atoms with Crippen LogP contribution in [0.1, 0.15) is 46.0 Å². The quantitative estimate of drug-likeness (QED) is 0.582. The first-order valence-corrected chi connectivity index (χ1v) is 7.88. The Kier molecular flexibility index (Phi) is 5.71. The van der Waals surface area contributed by atoms with Gasteiger partial charge in [0.1, 0.15) is 0 Å². The monoisotopic (exact) mass is 350 g/mol. The maximum absolute atomic E-state index is 10.7. The molecule has 2 nitrogen and oxygen atoms in total. The van der Waals surface area contributed by atoms with Gasteiger partial charge in [-0.25, -0.2) is 0 Å².